The van der Waals surface area contributed by atoms with E-state index in [1.54, 1.807) is 18.5 Å². The maximum atomic E-state index is 12.1. The number of hydrogen-bond acceptors (Lipinski definition) is 3. The molecular weight excluding hydrogens is 214 g/mol. The highest BCUT2D eigenvalue weighted by Crippen LogP contribution is 2.14. The molecule has 0 saturated carbocycles. The smallest absolute Gasteiger partial charge is 0.255 e. The van der Waals surface area contributed by atoms with Gasteiger partial charge in [0.05, 0.1) is 5.56 Å². The van der Waals surface area contributed by atoms with Crippen molar-refractivity contribution in [3.05, 3.63) is 30.1 Å². The Bertz CT molecular complexity index is 360. The van der Waals surface area contributed by atoms with Crippen molar-refractivity contribution in [1.82, 2.24) is 15.2 Å². The Kier molecular flexibility index (Phi) is 4.09. The molecule has 0 unspecified atom stereocenters. The minimum atomic E-state index is 0.0663. The van der Waals surface area contributed by atoms with E-state index in [-0.39, 0.29) is 5.91 Å². The van der Waals surface area contributed by atoms with E-state index in [1.165, 1.54) is 0 Å². The highest BCUT2D eigenvalue weighted by molar-refractivity contribution is 5.93. The average molecular weight is 233 g/mol. The van der Waals surface area contributed by atoms with E-state index in [9.17, 15) is 4.79 Å². The lowest BCUT2D eigenvalue weighted by Gasteiger charge is -2.27. The second kappa shape index (κ2) is 5.77. The van der Waals surface area contributed by atoms with Crippen LogP contribution in [0.2, 0.25) is 0 Å². The molecule has 92 valence electrons. The highest BCUT2D eigenvalue weighted by Gasteiger charge is 2.18. The van der Waals surface area contributed by atoms with Gasteiger partial charge in [0.2, 0.25) is 0 Å². The van der Waals surface area contributed by atoms with E-state index in [4.69, 9.17) is 0 Å². The molecule has 1 aromatic heterocycles. The van der Waals surface area contributed by atoms with Crippen molar-refractivity contribution in [3.8, 4) is 0 Å². The minimum Gasteiger partial charge on any atom is -0.341 e. The van der Waals surface area contributed by atoms with Crippen molar-refractivity contribution >= 4 is 5.91 Å². The second-order valence-electron chi connectivity index (χ2n) is 4.62. The van der Waals surface area contributed by atoms with E-state index in [0.29, 0.717) is 11.5 Å². The number of piperidine rings is 1. The zero-order chi connectivity index (χ0) is 12.1. The van der Waals surface area contributed by atoms with Gasteiger partial charge in [-0.05, 0) is 44.0 Å². The van der Waals surface area contributed by atoms with Gasteiger partial charge in [0, 0.05) is 26.0 Å². The van der Waals surface area contributed by atoms with Crippen molar-refractivity contribution in [3.63, 3.8) is 0 Å². The Balaban J connectivity index is 1.91. The number of carbonyl (C=O) groups is 1. The molecule has 1 aliphatic heterocycles. The average Bonchev–Trinajstić information content (AvgIpc) is 2.40. The molecule has 1 aromatic rings. The molecule has 0 atom stereocenters. The van der Waals surface area contributed by atoms with Crippen LogP contribution in [0.25, 0.3) is 0 Å². The minimum absolute atomic E-state index is 0.0663. The number of nitrogens with one attached hydrogen (secondary N) is 1. The van der Waals surface area contributed by atoms with E-state index in [1.807, 2.05) is 18.0 Å². The van der Waals surface area contributed by atoms with Crippen LogP contribution < -0.4 is 5.32 Å². The Morgan fingerprint density at radius 3 is 2.94 bits per heavy atom. The Hall–Kier alpha value is -1.42. The van der Waals surface area contributed by atoms with Gasteiger partial charge >= 0.3 is 0 Å². The maximum Gasteiger partial charge on any atom is 0.255 e. The predicted octanol–water partition coefficient (Wildman–Crippen LogP) is 1.15. The first kappa shape index (κ1) is 12.0. The molecule has 4 nitrogen and oxygen atoms in total. The number of hydrogen-bond donors (Lipinski definition) is 1. The Morgan fingerprint density at radius 2 is 2.29 bits per heavy atom. The summed E-state index contributed by atoms with van der Waals surface area (Å²) < 4.78 is 0. The normalized spacial score (nSPS) is 16.8. The summed E-state index contributed by atoms with van der Waals surface area (Å²) in [4.78, 5) is 17.9. The van der Waals surface area contributed by atoms with Crippen molar-refractivity contribution in [2.24, 2.45) is 5.92 Å². The number of pyridine rings is 1. The summed E-state index contributed by atoms with van der Waals surface area (Å²) in [5.41, 5.74) is 0.670. The zero-order valence-electron chi connectivity index (χ0n) is 10.2. The fraction of sp³-hybridized carbons (Fsp3) is 0.538. The number of nitrogens with zero attached hydrogens (tertiary/aromatic N) is 2. The molecule has 4 heteroatoms. The molecule has 0 radical (unpaired) electrons. The lowest BCUT2D eigenvalue weighted by atomic mass is 9.97. The van der Waals surface area contributed by atoms with Gasteiger partial charge in [0.1, 0.15) is 0 Å². The standard InChI is InChI=1S/C13H19N3O/c1-16(10-11-4-7-14-8-5-11)13(17)12-3-2-6-15-9-12/h2-3,6,9,11,14H,4-5,7-8,10H2,1H3. The van der Waals surface area contributed by atoms with E-state index in [2.05, 4.69) is 10.3 Å². The molecule has 0 bridgehead atoms. The van der Waals surface area contributed by atoms with Crippen LogP contribution in [0.4, 0.5) is 0 Å². The molecule has 1 amide bonds. The molecule has 1 saturated heterocycles. The van der Waals surface area contributed by atoms with E-state index < -0.39 is 0 Å². The van der Waals surface area contributed by atoms with Gasteiger partial charge < -0.3 is 10.2 Å². The molecule has 2 heterocycles. The molecule has 17 heavy (non-hydrogen) atoms. The van der Waals surface area contributed by atoms with Crippen LogP contribution in [0, 0.1) is 5.92 Å². The Morgan fingerprint density at radius 1 is 1.53 bits per heavy atom. The van der Waals surface area contributed by atoms with Crippen LogP contribution in [-0.2, 0) is 0 Å². The van der Waals surface area contributed by atoms with Gasteiger partial charge in [-0.2, -0.15) is 0 Å². The number of amides is 1. The molecule has 0 spiro atoms. The first-order chi connectivity index (χ1) is 8.27. The molecule has 1 fully saturated rings. The quantitative estimate of drug-likeness (QED) is 0.852. The third-order valence-corrected chi connectivity index (χ3v) is 3.25. The fourth-order valence-electron chi connectivity index (χ4n) is 2.24. The first-order valence-electron chi connectivity index (χ1n) is 6.13. The predicted molar refractivity (Wildman–Crippen MR) is 66.8 cm³/mol. The van der Waals surface area contributed by atoms with Crippen LogP contribution in [0.3, 0.4) is 0 Å². The SMILES string of the molecule is CN(CC1CCNCC1)C(=O)c1cccnc1. The van der Waals surface area contributed by atoms with Gasteiger partial charge in [0.15, 0.2) is 0 Å². The molecule has 1 aliphatic rings. The summed E-state index contributed by atoms with van der Waals surface area (Å²) in [7, 11) is 1.87. The van der Waals surface area contributed by atoms with Gasteiger partial charge in [-0.15, -0.1) is 0 Å². The van der Waals surface area contributed by atoms with Crippen molar-refractivity contribution in [1.29, 1.82) is 0 Å². The summed E-state index contributed by atoms with van der Waals surface area (Å²) in [5, 5.41) is 3.34. The van der Waals surface area contributed by atoms with Crippen molar-refractivity contribution in [2.45, 2.75) is 12.8 Å². The summed E-state index contributed by atoms with van der Waals surface area (Å²) in [6.07, 6.45) is 5.63. The highest BCUT2D eigenvalue weighted by atomic mass is 16.2. The van der Waals surface area contributed by atoms with Gasteiger partial charge in [-0.25, -0.2) is 0 Å². The zero-order valence-corrected chi connectivity index (χ0v) is 10.2. The third kappa shape index (κ3) is 3.27. The molecule has 1 N–H and O–H groups in total. The van der Waals surface area contributed by atoms with Crippen LogP contribution >= 0.6 is 0 Å². The lowest BCUT2D eigenvalue weighted by molar-refractivity contribution is 0.0762. The summed E-state index contributed by atoms with van der Waals surface area (Å²) in [6, 6.07) is 3.61. The van der Waals surface area contributed by atoms with E-state index in [0.717, 1.165) is 32.5 Å². The number of carbonyl (C=O) groups excluding carboxylic acids is 1. The monoisotopic (exact) mass is 233 g/mol. The second-order valence-corrected chi connectivity index (χ2v) is 4.62. The molecule has 0 aromatic carbocycles. The van der Waals surface area contributed by atoms with E-state index >= 15 is 0 Å². The number of rotatable bonds is 3. The third-order valence-electron chi connectivity index (χ3n) is 3.25. The van der Waals surface area contributed by atoms with Crippen LogP contribution in [0.5, 0.6) is 0 Å². The van der Waals surface area contributed by atoms with Crippen LogP contribution in [-0.4, -0.2) is 42.5 Å². The van der Waals surface area contributed by atoms with Crippen LogP contribution in [0.1, 0.15) is 23.2 Å². The number of aromatic nitrogens is 1. The Labute approximate surface area is 102 Å². The van der Waals surface area contributed by atoms with Crippen molar-refractivity contribution < 1.29 is 4.79 Å². The molecular formula is C13H19N3O. The van der Waals surface area contributed by atoms with Gasteiger partial charge in [-0.3, -0.25) is 9.78 Å². The largest absolute Gasteiger partial charge is 0.341 e. The van der Waals surface area contributed by atoms with Crippen LogP contribution in [0.15, 0.2) is 24.5 Å². The molecule has 2 rings (SSSR count). The van der Waals surface area contributed by atoms with Crippen molar-refractivity contribution in [2.75, 3.05) is 26.7 Å². The fourth-order valence-corrected chi connectivity index (χ4v) is 2.24. The van der Waals surface area contributed by atoms with Gasteiger partial charge in [-0.1, -0.05) is 0 Å². The lowest BCUT2D eigenvalue weighted by Crippen LogP contribution is -2.37. The van der Waals surface area contributed by atoms with Gasteiger partial charge in [0.25, 0.3) is 5.91 Å². The first-order valence-corrected chi connectivity index (χ1v) is 6.13. The maximum absolute atomic E-state index is 12.1. The topological polar surface area (TPSA) is 45.2 Å². The summed E-state index contributed by atoms with van der Waals surface area (Å²) >= 11 is 0. The summed E-state index contributed by atoms with van der Waals surface area (Å²) in [5.74, 6) is 0.693. The summed E-state index contributed by atoms with van der Waals surface area (Å²) in [6.45, 7) is 2.98. The molecule has 0 aliphatic carbocycles.